The third-order valence-corrected chi connectivity index (χ3v) is 3.34. The summed E-state index contributed by atoms with van der Waals surface area (Å²) in [7, 11) is 0. The van der Waals surface area contributed by atoms with Gasteiger partial charge in [0.15, 0.2) is 6.61 Å². The molecule has 3 N–H and O–H groups in total. The average Bonchev–Trinajstić information content (AvgIpc) is 2.99. The Morgan fingerprint density at radius 3 is 2.91 bits per heavy atom. The number of pyridine rings is 1. The number of hydrogen-bond acceptors (Lipinski definition) is 5. The number of carbonyl (C=O) groups excluding carboxylic acids is 1. The van der Waals surface area contributed by atoms with Gasteiger partial charge in [-0.1, -0.05) is 6.07 Å². The maximum absolute atomic E-state index is 12.2. The van der Waals surface area contributed by atoms with E-state index in [9.17, 15) is 18.0 Å². The molecule has 0 bridgehead atoms. The lowest BCUT2D eigenvalue weighted by Gasteiger charge is -2.14. The van der Waals surface area contributed by atoms with Crippen molar-refractivity contribution in [2.24, 2.45) is 5.73 Å². The van der Waals surface area contributed by atoms with Gasteiger partial charge in [-0.05, 0) is 18.9 Å². The van der Waals surface area contributed by atoms with E-state index in [0.717, 1.165) is 0 Å². The summed E-state index contributed by atoms with van der Waals surface area (Å²) in [6, 6.07) is 3.09. The first kappa shape index (κ1) is 17.5. The Bertz CT molecular complexity index is 539. The number of carbonyl (C=O) groups is 1. The molecular formula is C14H18F3N3O3. The van der Waals surface area contributed by atoms with E-state index in [1.54, 1.807) is 6.07 Å². The van der Waals surface area contributed by atoms with Gasteiger partial charge < -0.3 is 20.5 Å². The Morgan fingerprint density at radius 1 is 1.48 bits per heavy atom. The van der Waals surface area contributed by atoms with Crippen molar-refractivity contribution in [1.29, 1.82) is 0 Å². The number of aromatic nitrogens is 1. The molecule has 23 heavy (non-hydrogen) atoms. The van der Waals surface area contributed by atoms with E-state index in [2.05, 4.69) is 15.0 Å². The van der Waals surface area contributed by atoms with Crippen molar-refractivity contribution in [1.82, 2.24) is 10.3 Å². The Kier molecular flexibility index (Phi) is 5.78. The third-order valence-electron chi connectivity index (χ3n) is 3.34. The van der Waals surface area contributed by atoms with Gasteiger partial charge in [0.1, 0.15) is 6.10 Å². The summed E-state index contributed by atoms with van der Waals surface area (Å²) in [5.41, 5.74) is 5.84. The van der Waals surface area contributed by atoms with Crippen molar-refractivity contribution in [3.63, 3.8) is 0 Å². The van der Waals surface area contributed by atoms with Crippen LogP contribution in [0.1, 0.15) is 18.4 Å². The maximum Gasteiger partial charge on any atom is 0.422 e. The van der Waals surface area contributed by atoms with Crippen molar-refractivity contribution < 1.29 is 27.4 Å². The van der Waals surface area contributed by atoms with Gasteiger partial charge >= 0.3 is 6.18 Å². The highest BCUT2D eigenvalue weighted by molar-refractivity contribution is 5.81. The highest BCUT2D eigenvalue weighted by Crippen LogP contribution is 2.21. The van der Waals surface area contributed by atoms with Crippen molar-refractivity contribution in [2.45, 2.75) is 37.8 Å². The van der Waals surface area contributed by atoms with E-state index < -0.39 is 18.9 Å². The molecule has 0 radical (unpaired) electrons. The zero-order chi connectivity index (χ0) is 16.9. The first-order valence-corrected chi connectivity index (χ1v) is 7.15. The van der Waals surface area contributed by atoms with Crippen LogP contribution < -0.4 is 15.8 Å². The van der Waals surface area contributed by atoms with Crippen molar-refractivity contribution in [3.05, 3.63) is 23.9 Å². The summed E-state index contributed by atoms with van der Waals surface area (Å²) < 4.78 is 46.7. The van der Waals surface area contributed by atoms with Crippen LogP contribution >= 0.6 is 0 Å². The second-order valence-corrected chi connectivity index (χ2v) is 5.15. The molecule has 1 aromatic rings. The lowest BCUT2D eigenvalue weighted by atomic mass is 10.2. The lowest BCUT2D eigenvalue weighted by molar-refractivity contribution is -0.154. The number of ether oxygens (including phenoxy) is 2. The molecule has 1 aliphatic heterocycles. The number of nitrogens with zero attached hydrogens (tertiary/aromatic N) is 1. The summed E-state index contributed by atoms with van der Waals surface area (Å²) in [4.78, 5) is 15.8. The quantitative estimate of drug-likeness (QED) is 0.815. The molecule has 1 fully saturated rings. The zero-order valence-electron chi connectivity index (χ0n) is 12.3. The van der Waals surface area contributed by atoms with Gasteiger partial charge in [-0.3, -0.25) is 4.79 Å². The molecule has 128 valence electrons. The first-order chi connectivity index (χ1) is 10.9. The Labute approximate surface area is 131 Å². The number of halogens is 3. The molecule has 6 nitrogen and oxygen atoms in total. The van der Waals surface area contributed by atoms with Crippen molar-refractivity contribution in [2.75, 3.05) is 13.2 Å². The van der Waals surface area contributed by atoms with E-state index in [0.29, 0.717) is 24.9 Å². The highest BCUT2D eigenvalue weighted by Gasteiger charge is 2.30. The molecule has 9 heteroatoms. The van der Waals surface area contributed by atoms with Crippen LogP contribution in [-0.4, -0.2) is 42.4 Å². The molecule has 0 saturated carbocycles. The molecule has 1 aliphatic rings. The van der Waals surface area contributed by atoms with Crippen LogP contribution in [0.4, 0.5) is 13.2 Å². The normalized spacial score (nSPS) is 21.2. The van der Waals surface area contributed by atoms with Crippen LogP contribution in [0.25, 0.3) is 0 Å². The minimum Gasteiger partial charge on any atom is -0.468 e. The smallest absolute Gasteiger partial charge is 0.422 e. The van der Waals surface area contributed by atoms with Gasteiger partial charge in [-0.25, -0.2) is 4.98 Å². The Morgan fingerprint density at radius 2 is 2.26 bits per heavy atom. The van der Waals surface area contributed by atoms with Gasteiger partial charge in [0.2, 0.25) is 11.8 Å². The second-order valence-electron chi connectivity index (χ2n) is 5.15. The molecule has 0 unspecified atom stereocenters. The van der Waals surface area contributed by atoms with Crippen molar-refractivity contribution >= 4 is 5.91 Å². The van der Waals surface area contributed by atoms with Crippen LogP contribution in [-0.2, 0) is 16.1 Å². The fraction of sp³-hybridized carbons (Fsp3) is 0.571. The van der Waals surface area contributed by atoms with Gasteiger partial charge in [0.05, 0.1) is 6.10 Å². The topological polar surface area (TPSA) is 86.5 Å². The van der Waals surface area contributed by atoms with Gasteiger partial charge in [0.25, 0.3) is 0 Å². The standard InChI is InChI=1S/C14H18F3N3O3/c15-14(16,17)8-22-13-9(2-1-5-19-13)7-20-12(21)11-4-3-10(6-18)23-11/h1-2,5,10-11H,3-4,6-8,18H2,(H,20,21)/t10-,11+/m1/s1. The third kappa shape index (κ3) is 5.36. The van der Waals surface area contributed by atoms with Gasteiger partial charge in [-0.15, -0.1) is 0 Å². The summed E-state index contributed by atoms with van der Waals surface area (Å²) in [6.07, 6.45) is -2.57. The van der Waals surface area contributed by atoms with E-state index >= 15 is 0 Å². The minimum atomic E-state index is -4.45. The van der Waals surface area contributed by atoms with Crippen LogP contribution in [0.3, 0.4) is 0 Å². The SMILES string of the molecule is NC[C@H]1CC[C@@H](C(=O)NCc2cccnc2OCC(F)(F)F)O1. The molecule has 0 spiro atoms. The lowest BCUT2D eigenvalue weighted by Crippen LogP contribution is -2.35. The molecule has 1 saturated heterocycles. The van der Waals surface area contributed by atoms with E-state index in [1.165, 1.54) is 12.3 Å². The second kappa shape index (κ2) is 7.60. The average molecular weight is 333 g/mol. The first-order valence-electron chi connectivity index (χ1n) is 7.15. The maximum atomic E-state index is 12.2. The van der Waals surface area contributed by atoms with Gasteiger partial charge in [0, 0.05) is 24.8 Å². The fourth-order valence-corrected chi connectivity index (χ4v) is 2.21. The summed E-state index contributed by atoms with van der Waals surface area (Å²) in [6.45, 7) is -1.08. The molecule has 0 aromatic carbocycles. The largest absolute Gasteiger partial charge is 0.468 e. The molecule has 2 heterocycles. The van der Waals surface area contributed by atoms with Gasteiger partial charge in [-0.2, -0.15) is 13.2 Å². The number of hydrogen-bond donors (Lipinski definition) is 2. The van der Waals surface area contributed by atoms with Crippen LogP contribution in [0.5, 0.6) is 5.88 Å². The predicted molar refractivity (Wildman–Crippen MR) is 74.6 cm³/mol. The van der Waals surface area contributed by atoms with Crippen LogP contribution in [0.2, 0.25) is 0 Å². The number of rotatable bonds is 6. The summed E-state index contributed by atoms with van der Waals surface area (Å²) >= 11 is 0. The Hall–Kier alpha value is -1.87. The molecule has 1 aromatic heterocycles. The number of nitrogens with two attached hydrogens (primary N) is 1. The number of alkyl halides is 3. The summed E-state index contributed by atoms with van der Waals surface area (Å²) in [5, 5.41) is 2.62. The highest BCUT2D eigenvalue weighted by atomic mass is 19.4. The van der Waals surface area contributed by atoms with E-state index in [4.69, 9.17) is 10.5 Å². The molecule has 0 aliphatic carbocycles. The van der Waals surface area contributed by atoms with E-state index in [1.807, 2.05) is 0 Å². The zero-order valence-corrected chi connectivity index (χ0v) is 12.3. The predicted octanol–water partition coefficient (Wildman–Crippen LogP) is 1.15. The van der Waals surface area contributed by atoms with Crippen molar-refractivity contribution in [3.8, 4) is 5.88 Å². The molecule has 2 rings (SSSR count). The molecule has 2 atom stereocenters. The number of nitrogens with one attached hydrogen (secondary N) is 1. The van der Waals surface area contributed by atoms with Crippen LogP contribution in [0.15, 0.2) is 18.3 Å². The summed E-state index contributed by atoms with van der Waals surface area (Å²) in [5.74, 6) is -0.483. The van der Waals surface area contributed by atoms with Crippen LogP contribution in [0, 0.1) is 0 Å². The minimum absolute atomic E-state index is 0.00696. The fourth-order valence-electron chi connectivity index (χ4n) is 2.21. The van der Waals surface area contributed by atoms with E-state index in [-0.39, 0.29) is 24.4 Å². The monoisotopic (exact) mass is 333 g/mol. The number of amides is 1. The molecular weight excluding hydrogens is 315 g/mol. The molecule has 1 amide bonds. The Balaban J connectivity index is 1.89.